The van der Waals surface area contributed by atoms with Gasteiger partial charge in [0.2, 0.25) is 10.0 Å². The number of amides is 1. The Morgan fingerprint density at radius 3 is 2.43 bits per heavy atom. The SMILES string of the molecule is Cc1ccc(OC(C)C(=O)Nc2ccc(Cl)c(S(=O)(=O)N3CCCC3)c2)cc1. The van der Waals surface area contributed by atoms with Gasteiger partial charge in [0.1, 0.15) is 10.6 Å². The lowest BCUT2D eigenvalue weighted by molar-refractivity contribution is -0.122. The fourth-order valence-corrected chi connectivity index (χ4v) is 4.98. The average Bonchev–Trinajstić information content (AvgIpc) is 3.20. The van der Waals surface area contributed by atoms with Gasteiger partial charge in [-0.25, -0.2) is 8.42 Å². The predicted octanol–water partition coefficient (Wildman–Crippen LogP) is 3.84. The molecule has 150 valence electrons. The van der Waals surface area contributed by atoms with E-state index in [0.29, 0.717) is 24.5 Å². The lowest BCUT2D eigenvalue weighted by Crippen LogP contribution is -2.30. The second-order valence-electron chi connectivity index (χ2n) is 6.82. The minimum Gasteiger partial charge on any atom is -0.481 e. The third kappa shape index (κ3) is 4.66. The highest BCUT2D eigenvalue weighted by molar-refractivity contribution is 7.89. The second-order valence-corrected chi connectivity index (χ2v) is 9.13. The van der Waals surface area contributed by atoms with Crippen LogP contribution in [0, 0.1) is 6.92 Å². The Hall–Kier alpha value is -2.09. The first-order valence-electron chi connectivity index (χ1n) is 9.11. The zero-order valence-electron chi connectivity index (χ0n) is 15.8. The van der Waals surface area contributed by atoms with Crippen LogP contribution in [-0.2, 0) is 14.8 Å². The fraction of sp³-hybridized carbons (Fsp3) is 0.350. The van der Waals surface area contributed by atoms with Crippen molar-refractivity contribution in [2.45, 2.75) is 37.7 Å². The molecule has 1 aliphatic heterocycles. The number of hydrogen-bond donors (Lipinski definition) is 1. The molecule has 1 amide bonds. The molecule has 28 heavy (non-hydrogen) atoms. The first-order valence-corrected chi connectivity index (χ1v) is 10.9. The summed E-state index contributed by atoms with van der Waals surface area (Å²) in [6.45, 7) is 4.56. The number of halogens is 1. The fourth-order valence-electron chi connectivity index (χ4n) is 2.96. The summed E-state index contributed by atoms with van der Waals surface area (Å²) in [6, 6.07) is 11.8. The number of aryl methyl sites for hydroxylation is 1. The van der Waals surface area contributed by atoms with Gasteiger partial charge in [-0.2, -0.15) is 4.31 Å². The summed E-state index contributed by atoms with van der Waals surface area (Å²) in [5, 5.41) is 2.83. The van der Waals surface area contributed by atoms with Crippen molar-refractivity contribution in [2.75, 3.05) is 18.4 Å². The highest BCUT2D eigenvalue weighted by Crippen LogP contribution is 2.29. The number of carbonyl (C=O) groups is 1. The number of benzene rings is 2. The van der Waals surface area contributed by atoms with Crippen LogP contribution in [0.5, 0.6) is 5.75 Å². The van der Waals surface area contributed by atoms with Crippen molar-refractivity contribution in [3.05, 3.63) is 53.1 Å². The Kier molecular flexibility index (Phi) is 6.27. The number of hydrogen-bond acceptors (Lipinski definition) is 4. The zero-order valence-corrected chi connectivity index (χ0v) is 17.4. The highest BCUT2D eigenvalue weighted by Gasteiger charge is 2.29. The Labute approximate surface area is 170 Å². The number of sulfonamides is 1. The standard InChI is InChI=1S/C20H23ClN2O4S/c1-14-5-8-17(9-6-14)27-15(2)20(24)22-16-7-10-18(21)19(13-16)28(25,26)23-11-3-4-12-23/h5-10,13,15H,3-4,11-12H2,1-2H3,(H,22,24). The predicted molar refractivity (Wildman–Crippen MR) is 109 cm³/mol. The largest absolute Gasteiger partial charge is 0.481 e. The normalized spacial score (nSPS) is 16.0. The summed E-state index contributed by atoms with van der Waals surface area (Å²) < 4.78 is 32.7. The van der Waals surface area contributed by atoms with Crippen molar-refractivity contribution in [1.29, 1.82) is 0 Å². The van der Waals surface area contributed by atoms with Crippen LogP contribution in [0.2, 0.25) is 5.02 Å². The van der Waals surface area contributed by atoms with E-state index < -0.39 is 16.1 Å². The van der Waals surface area contributed by atoms with Crippen molar-refractivity contribution in [3.63, 3.8) is 0 Å². The number of nitrogens with one attached hydrogen (secondary N) is 1. The van der Waals surface area contributed by atoms with Crippen LogP contribution in [0.25, 0.3) is 0 Å². The molecule has 0 aliphatic carbocycles. The zero-order chi connectivity index (χ0) is 20.3. The summed E-state index contributed by atoms with van der Waals surface area (Å²) in [4.78, 5) is 12.5. The molecule has 6 nitrogen and oxygen atoms in total. The third-order valence-electron chi connectivity index (χ3n) is 4.58. The van der Waals surface area contributed by atoms with Crippen LogP contribution in [0.4, 0.5) is 5.69 Å². The number of nitrogens with zero attached hydrogens (tertiary/aromatic N) is 1. The number of anilines is 1. The smallest absolute Gasteiger partial charge is 0.265 e. The van der Waals surface area contributed by atoms with E-state index in [0.717, 1.165) is 18.4 Å². The molecule has 2 aromatic carbocycles. The van der Waals surface area contributed by atoms with Crippen LogP contribution >= 0.6 is 11.6 Å². The van der Waals surface area contributed by atoms with Gasteiger partial charge in [0.05, 0.1) is 5.02 Å². The summed E-state index contributed by atoms with van der Waals surface area (Å²) in [5.41, 5.74) is 1.45. The molecule has 1 saturated heterocycles. The quantitative estimate of drug-likeness (QED) is 0.767. The number of rotatable bonds is 6. The van der Waals surface area contributed by atoms with E-state index in [1.54, 1.807) is 25.1 Å². The Morgan fingerprint density at radius 2 is 1.79 bits per heavy atom. The molecular weight excluding hydrogens is 400 g/mol. The molecule has 0 aromatic heterocycles. The van der Waals surface area contributed by atoms with Gasteiger partial charge in [-0.1, -0.05) is 29.3 Å². The van der Waals surface area contributed by atoms with Crippen LogP contribution in [0.1, 0.15) is 25.3 Å². The molecular formula is C20H23ClN2O4S. The average molecular weight is 423 g/mol. The molecule has 0 spiro atoms. The van der Waals surface area contributed by atoms with Gasteiger partial charge in [-0.3, -0.25) is 4.79 Å². The van der Waals surface area contributed by atoms with Crippen LogP contribution < -0.4 is 10.1 Å². The second kappa shape index (κ2) is 8.51. The maximum atomic E-state index is 12.8. The van der Waals surface area contributed by atoms with E-state index in [-0.39, 0.29) is 15.8 Å². The molecule has 1 atom stereocenters. The lowest BCUT2D eigenvalue weighted by Gasteiger charge is -2.18. The van der Waals surface area contributed by atoms with Crippen LogP contribution in [0.3, 0.4) is 0 Å². The Morgan fingerprint density at radius 1 is 1.14 bits per heavy atom. The third-order valence-corrected chi connectivity index (χ3v) is 6.96. The molecule has 2 aromatic rings. The van der Waals surface area contributed by atoms with E-state index in [1.165, 1.54) is 16.4 Å². The highest BCUT2D eigenvalue weighted by atomic mass is 35.5. The first-order chi connectivity index (χ1) is 13.3. The summed E-state index contributed by atoms with van der Waals surface area (Å²) in [7, 11) is -3.68. The molecule has 1 N–H and O–H groups in total. The van der Waals surface area contributed by atoms with Crippen LogP contribution in [-0.4, -0.2) is 37.8 Å². The Bertz CT molecular complexity index is 955. The van der Waals surface area contributed by atoms with Gasteiger partial charge < -0.3 is 10.1 Å². The van der Waals surface area contributed by atoms with E-state index >= 15 is 0 Å². The van der Waals surface area contributed by atoms with Gasteiger partial charge in [0, 0.05) is 18.8 Å². The maximum Gasteiger partial charge on any atom is 0.265 e. The van der Waals surface area contributed by atoms with Gasteiger partial charge >= 0.3 is 0 Å². The molecule has 3 rings (SSSR count). The van der Waals surface area contributed by atoms with E-state index in [9.17, 15) is 13.2 Å². The van der Waals surface area contributed by atoms with E-state index in [4.69, 9.17) is 16.3 Å². The van der Waals surface area contributed by atoms with E-state index in [1.807, 2.05) is 19.1 Å². The van der Waals surface area contributed by atoms with Gasteiger partial charge in [-0.05, 0) is 57.0 Å². The Balaban J connectivity index is 1.73. The molecule has 0 saturated carbocycles. The lowest BCUT2D eigenvalue weighted by atomic mass is 10.2. The molecule has 1 unspecified atom stereocenters. The maximum absolute atomic E-state index is 12.8. The molecule has 0 bridgehead atoms. The summed E-state index contributed by atoms with van der Waals surface area (Å²) in [5.74, 6) is 0.203. The minimum absolute atomic E-state index is 0.000901. The monoisotopic (exact) mass is 422 g/mol. The van der Waals surface area contributed by atoms with Crippen molar-refractivity contribution in [3.8, 4) is 5.75 Å². The van der Waals surface area contributed by atoms with Gasteiger partial charge in [-0.15, -0.1) is 0 Å². The molecule has 1 heterocycles. The first kappa shape index (κ1) is 20.6. The molecule has 0 radical (unpaired) electrons. The minimum atomic E-state index is -3.68. The molecule has 8 heteroatoms. The van der Waals surface area contributed by atoms with Crippen molar-refractivity contribution in [1.82, 2.24) is 4.31 Å². The molecule has 1 fully saturated rings. The van der Waals surface area contributed by atoms with Crippen molar-refractivity contribution >= 4 is 33.2 Å². The van der Waals surface area contributed by atoms with Crippen molar-refractivity contribution < 1.29 is 17.9 Å². The topological polar surface area (TPSA) is 75.7 Å². The van der Waals surface area contributed by atoms with Gasteiger partial charge in [0.25, 0.3) is 5.91 Å². The van der Waals surface area contributed by atoms with E-state index in [2.05, 4.69) is 5.32 Å². The van der Waals surface area contributed by atoms with Crippen molar-refractivity contribution in [2.24, 2.45) is 0 Å². The molecule has 1 aliphatic rings. The van der Waals surface area contributed by atoms with Crippen LogP contribution in [0.15, 0.2) is 47.4 Å². The van der Waals surface area contributed by atoms with Gasteiger partial charge in [0.15, 0.2) is 6.10 Å². The number of carbonyl (C=O) groups excluding carboxylic acids is 1. The summed E-state index contributed by atoms with van der Waals surface area (Å²) in [6.07, 6.45) is 0.916. The number of ether oxygens (including phenoxy) is 1. The summed E-state index contributed by atoms with van der Waals surface area (Å²) >= 11 is 6.14.